The van der Waals surface area contributed by atoms with E-state index in [1.165, 1.54) is 11.6 Å². The number of hydrogen-bond acceptors (Lipinski definition) is 5. The van der Waals surface area contributed by atoms with Crippen molar-refractivity contribution in [3.63, 3.8) is 0 Å². The topological polar surface area (TPSA) is 103 Å². The van der Waals surface area contributed by atoms with Crippen molar-refractivity contribution in [3.05, 3.63) is 71.4 Å². The van der Waals surface area contributed by atoms with E-state index in [9.17, 15) is 14.3 Å². The molecule has 0 spiro atoms. The van der Waals surface area contributed by atoms with E-state index in [0.29, 0.717) is 43.5 Å². The number of fused-ring (bicyclic) bond motifs is 2. The summed E-state index contributed by atoms with van der Waals surface area (Å²) in [7, 11) is 0. The number of carbonyl (C=O) groups excluding carboxylic acids is 1. The molecule has 6 rings (SSSR count). The molecule has 0 aliphatic heterocycles. The van der Waals surface area contributed by atoms with Crippen molar-refractivity contribution in [2.75, 3.05) is 6.61 Å². The van der Waals surface area contributed by atoms with Gasteiger partial charge in [0.1, 0.15) is 18.2 Å². The molecule has 192 valence electrons. The molecule has 0 radical (unpaired) electrons. The quantitative estimate of drug-likeness (QED) is 0.370. The number of aromatic nitrogens is 3. The van der Waals surface area contributed by atoms with Gasteiger partial charge in [0.2, 0.25) is 5.91 Å². The number of primary amides is 1. The lowest BCUT2D eigenvalue weighted by molar-refractivity contribution is 0.0390. The summed E-state index contributed by atoms with van der Waals surface area (Å²) >= 11 is 0. The first kappa shape index (κ1) is 24.0. The summed E-state index contributed by atoms with van der Waals surface area (Å²) in [5.74, 6) is 0.974. The van der Waals surface area contributed by atoms with Crippen LogP contribution in [0, 0.1) is 11.7 Å². The number of nitrogens with two attached hydrogens (primary N) is 1. The van der Waals surface area contributed by atoms with Gasteiger partial charge in [-0.2, -0.15) is 0 Å². The summed E-state index contributed by atoms with van der Waals surface area (Å²) in [5, 5.41) is 10.8. The number of pyridine rings is 1. The van der Waals surface area contributed by atoms with Gasteiger partial charge in [0.25, 0.3) is 0 Å². The van der Waals surface area contributed by atoms with Crippen LogP contribution in [-0.2, 0) is 11.3 Å². The van der Waals surface area contributed by atoms with Crippen molar-refractivity contribution in [3.8, 4) is 0 Å². The highest BCUT2D eigenvalue weighted by Crippen LogP contribution is 2.39. The van der Waals surface area contributed by atoms with E-state index in [4.69, 9.17) is 15.5 Å². The number of hydrogen-bond donors (Lipinski definition) is 2. The van der Waals surface area contributed by atoms with Gasteiger partial charge in [0.15, 0.2) is 0 Å². The Balaban J connectivity index is 1.11. The van der Waals surface area contributed by atoms with Crippen molar-refractivity contribution < 1.29 is 19.0 Å². The van der Waals surface area contributed by atoms with Crippen LogP contribution in [0.3, 0.4) is 0 Å². The van der Waals surface area contributed by atoms with Gasteiger partial charge in [0.05, 0.1) is 22.7 Å². The molecule has 0 unspecified atom stereocenters. The summed E-state index contributed by atoms with van der Waals surface area (Å²) < 4.78 is 22.2. The molecular formula is C29H31FN4O3. The summed E-state index contributed by atoms with van der Waals surface area (Å²) in [5.41, 5.74) is 9.57. The second kappa shape index (κ2) is 9.84. The van der Waals surface area contributed by atoms with Crippen LogP contribution in [-0.4, -0.2) is 38.3 Å². The van der Waals surface area contributed by atoms with Gasteiger partial charge in [-0.3, -0.25) is 9.78 Å². The predicted octanol–water partition coefficient (Wildman–Crippen LogP) is 5.01. The first-order valence-corrected chi connectivity index (χ1v) is 13.1. The van der Waals surface area contributed by atoms with E-state index in [1.54, 1.807) is 24.3 Å². The van der Waals surface area contributed by atoms with Crippen molar-refractivity contribution in [1.29, 1.82) is 0 Å². The van der Waals surface area contributed by atoms with Crippen LogP contribution in [0.4, 0.5) is 4.39 Å². The summed E-state index contributed by atoms with van der Waals surface area (Å²) in [6, 6.07) is 12.4. The number of halogens is 1. The van der Waals surface area contributed by atoms with Crippen molar-refractivity contribution >= 4 is 27.8 Å². The third-order valence-electron chi connectivity index (χ3n) is 8.11. The molecule has 2 aliphatic carbocycles. The Morgan fingerprint density at radius 3 is 2.65 bits per heavy atom. The first-order chi connectivity index (χ1) is 18.0. The fourth-order valence-corrected chi connectivity index (χ4v) is 6.03. The highest BCUT2D eigenvalue weighted by Gasteiger charge is 2.32. The molecule has 7 nitrogen and oxygen atoms in total. The highest BCUT2D eigenvalue weighted by molar-refractivity contribution is 5.96. The van der Waals surface area contributed by atoms with E-state index >= 15 is 0 Å². The van der Waals surface area contributed by atoms with Crippen LogP contribution in [0.25, 0.3) is 21.9 Å². The zero-order chi connectivity index (χ0) is 25.5. The maximum Gasteiger partial charge on any atom is 0.248 e. The molecule has 2 aliphatic rings. The first-order valence-electron chi connectivity index (χ1n) is 13.1. The van der Waals surface area contributed by atoms with E-state index in [-0.39, 0.29) is 18.0 Å². The van der Waals surface area contributed by atoms with E-state index < -0.39 is 5.91 Å². The summed E-state index contributed by atoms with van der Waals surface area (Å²) in [6.45, 7) is 1.03. The van der Waals surface area contributed by atoms with Gasteiger partial charge in [0, 0.05) is 29.8 Å². The van der Waals surface area contributed by atoms with Crippen molar-refractivity contribution in [2.45, 2.75) is 63.2 Å². The van der Waals surface area contributed by atoms with Gasteiger partial charge in [-0.05, 0) is 98.4 Å². The normalized spacial score (nSPS) is 23.8. The number of aliphatic hydroxyl groups excluding tert-OH is 1. The molecule has 1 amide bonds. The van der Waals surface area contributed by atoms with Gasteiger partial charge in [-0.25, -0.2) is 9.37 Å². The Bertz CT molecular complexity index is 1450. The SMILES string of the molecule is NC(=O)c1ccc2c(c1)nc(COCC1CCC(c3ccnc4ccc(F)cc34)CC1)n2C1CC(O)C1. The molecule has 4 aromatic rings. The number of nitrogens with zero attached hydrogens (tertiary/aromatic N) is 3. The minimum Gasteiger partial charge on any atom is -0.393 e. The van der Waals surface area contributed by atoms with Crippen molar-refractivity contribution in [1.82, 2.24) is 14.5 Å². The van der Waals surface area contributed by atoms with Gasteiger partial charge in [-0.1, -0.05) is 0 Å². The lowest BCUT2D eigenvalue weighted by atomic mass is 9.78. The lowest BCUT2D eigenvalue weighted by Crippen LogP contribution is -2.32. The van der Waals surface area contributed by atoms with Gasteiger partial charge in [-0.15, -0.1) is 0 Å². The van der Waals surface area contributed by atoms with Crippen LogP contribution < -0.4 is 5.73 Å². The predicted molar refractivity (Wildman–Crippen MR) is 139 cm³/mol. The minimum absolute atomic E-state index is 0.175. The maximum atomic E-state index is 13.9. The molecule has 2 aromatic carbocycles. The number of rotatable bonds is 7. The standard InChI is InChI=1S/C29H31FN4O3/c30-20-6-7-25-24(12-20)23(9-10-32-25)18-3-1-17(2-4-18)15-37-16-28-33-26-11-19(29(31)36)5-8-27(26)34(28)21-13-22(35)14-21/h5-12,17-18,21-22,35H,1-4,13-16H2,(H2,31,36). The number of amides is 1. The van der Waals surface area contributed by atoms with E-state index in [2.05, 4.69) is 9.55 Å². The molecule has 37 heavy (non-hydrogen) atoms. The van der Waals surface area contributed by atoms with Crippen LogP contribution >= 0.6 is 0 Å². The van der Waals surface area contributed by atoms with Crippen LogP contribution in [0.2, 0.25) is 0 Å². The molecule has 0 saturated heterocycles. The molecule has 0 atom stereocenters. The number of carbonyl (C=O) groups is 1. The van der Waals surface area contributed by atoms with E-state index in [1.807, 2.05) is 18.3 Å². The molecule has 3 N–H and O–H groups in total. The van der Waals surface area contributed by atoms with Crippen molar-refractivity contribution in [2.24, 2.45) is 11.7 Å². The van der Waals surface area contributed by atoms with Crippen LogP contribution in [0.1, 0.15) is 72.2 Å². The number of aliphatic hydroxyl groups is 1. The molecule has 2 saturated carbocycles. The molecule has 2 fully saturated rings. The zero-order valence-corrected chi connectivity index (χ0v) is 20.6. The maximum absolute atomic E-state index is 13.9. The molecule has 0 bridgehead atoms. The molecule has 8 heteroatoms. The van der Waals surface area contributed by atoms with Crippen LogP contribution in [0.5, 0.6) is 0 Å². The molecule has 2 aromatic heterocycles. The average Bonchev–Trinajstić information content (AvgIpc) is 3.24. The minimum atomic E-state index is -0.478. The smallest absolute Gasteiger partial charge is 0.248 e. The van der Waals surface area contributed by atoms with Gasteiger partial charge >= 0.3 is 0 Å². The van der Waals surface area contributed by atoms with E-state index in [0.717, 1.165) is 53.4 Å². The second-order valence-corrected chi connectivity index (χ2v) is 10.5. The number of imidazole rings is 1. The average molecular weight is 503 g/mol. The molecular weight excluding hydrogens is 471 g/mol. The monoisotopic (exact) mass is 502 g/mol. The third-order valence-corrected chi connectivity index (χ3v) is 8.11. The zero-order valence-electron chi connectivity index (χ0n) is 20.6. The molecule has 2 heterocycles. The van der Waals surface area contributed by atoms with Crippen LogP contribution in [0.15, 0.2) is 48.7 Å². The summed E-state index contributed by atoms with van der Waals surface area (Å²) in [6.07, 6.45) is 7.10. The Morgan fingerprint density at radius 1 is 1.08 bits per heavy atom. The number of benzene rings is 2. The fourth-order valence-electron chi connectivity index (χ4n) is 6.03. The highest BCUT2D eigenvalue weighted by atomic mass is 19.1. The Morgan fingerprint density at radius 2 is 1.89 bits per heavy atom. The Hall–Kier alpha value is -3.36. The second-order valence-electron chi connectivity index (χ2n) is 10.5. The lowest BCUT2D eigenvalue weighted by Gasteiger charge is -2.34. The Labute approximate surface area is 214 Å². The Kier molecular flexibility index (Phi) is 6.38. The number of ether oxygens (including phenoxy) is 1. The van der Waals surface area contributed by atoms with Gasteiger partial charge < -0.3 is 20.1 Å². The fraction of sp³-hybridized carbons (Fsp3) is 0.414. The summed E-state index contributed by atoms with van der Waals surface area (Å²) in [4.78, 5) is 20.8. The largest absolute Gasteiger partial charge is 0.393 e. The third kappa shape index (κ3) is 4.71.